The molecule has 0 aliphatic heterocycles. The summed E-state index contributed by atoms with van der Waals surface area (Å²) in [4.78, 5) is 8.49. The summed E-state index contributed by atoms with van der Waals surface area (Å²) in [5, 5.41) is 3.71. The Morgan fingerprint density at radius 3 is 2.82 bits per heavy atom. The first-order valence-corrected chi connectivity index (χ1v) is 6.70. The van der Waals surface area contributed by atoms with Crippen molar-refractivity contribution in [2.75, 3.05) is 0 Å². The summed E-state index contributed by atoms with van der Waals surface area (Å²) in [5.74, 6) is 1.58. The Hall–Kier alpha value is -0.960. The Balaban J connectivity index is 1.96. The molecule has 0 aromatic carbocycles. The van der Waals surface area contributed by atoms with Crippen LogP contribution in [0.3, 0.4) is 0 Å². The Bertz CT molecular complexity index is 339. The highest BCUT2D eigenvalue weighted by Gasteiger charge is 2.28. The van der Waals surface area contributed by atoms with Crippen molar-refractivity contribution in [1.82, 2.24) is 15.3 Å². The van der Waals surface area contributed by atoms with Gasteiger partial charge in [-0.25, -0.2) is 0 Å². The molecular formula is C14H23N3. The van der Waals surface area contributed by atoms with E-state index in [0.29, 0.717) is 12.1 Å². The standard InChI is InChI=1S/C14H23N3/c1-10-5-4-6-13(11(10)2)17-12(3)14-9-15-7-8-16-14/h7-13,17H,4-6H2,1-3H3. The van der Waals surface area contributed by atoms with Crippen molar-refractivity contribution in [3.05, 3.63) is 24.3 Å². The second-order valence-corrected chi connectivity index (χ2v) is 5.39. The fourth-order valence-electron chi connectivity index (χ4n) is 2.76. The zero-order valence-corrected chi connectivity index (χ0v) is 11.1. The van der Waals surface area contributed by atoms with Gasteiger partial charge in [-0.2, -0.15) is 0 Å². The first kappa shape index (κ1) is 12.5. The van der Waals surface area contributed by atoms with Gasteiger partial charge >= 0.3 is 0 Å². The van der Waals surface area contributed by atoms with Gasteiger partial charge in [0.2, 0.25) is 0 Å². The third-order valence-corrected chi connectivity index (χ3v) is 4.20. The van der Waals surface area contributed by atoms with E-state index >= 15 is 0 Å². The van der Waals surface area contributed by atoms with Gasteiger partial charge in [0.25, 0.3) is 0 Å². The van der Waals surface area contributed by atoms with E-state index in [1.54, 1.807) is 12.4 Å². The van der Waals surface area contributed by atoms with Gasteiger partial charge in [0.05, 0.1) is 5.69 Å². The molecule has 17 heavy (non-hydrogen) atoms. The van der Waals surface area contributed by atoms with Crippen LogP contribution in [0.15, 0.2) is 18.6 Å². The first-order valence-electron chi connectivity index (χ1n) is 6.70. The zero-order valence-electron chi connectivity index (χ0n) is 11.1. The summed E-state index contributed by atoms with van der Waals surface area (Å²) in [6.07, 6.45) is 9.35. The van der Waals surface area contributed by atoms with Crippen LogP contribution in [0.4, 0.5) is 0 Å². The van der Waals surface area contributed by atoms with E-state index < -0.39 is 0 Å². The van der Waals surface area contributed by atoms with Crippen LogP contribution in [0.5, 0.6) is 0 Å². The van der Waals surface area contributed by atoms with E-state index in [1.165, 1.54) is 19.3 Å². The summed E-state index contributed by atoms with van der Waals surface area (Å²) < 4.78 is 0. The molecule has 0 spiro atoms. The quantitative estimate of drug-likeness (QED) is 0.872. The smallest absolute Gasteiger partial charge is 0.0753 e. The van der Waals surface area contributed by atoms with Crippen LogP contribution in [-0.4, -0.2) is 16.0 Å². The van der Waals surface area contributed by atoms with Gasteiger partial charge in [-0.3, -0.25) is 9.97 Å². The van der Waals surface area contributed by atoms with E-state index in [2.05, 4.69) is 36.1 Å². The minimum Gasteiger partial charge on any atom is -0.306 e. The lowest BCUT2D eigenvalue weighted by Crippen LogP contribution is -2.41. The zero-order chi connectivity index (χ0) is 12.3. The Kier molecular flexibility index (Phi) is 4.11. The number of aromatic nitrogens is 2. The highest BCUT2D eigenvalue weighted by atomic mass is 15.0. The Morgan fingerprint density at radius 1 is 1.29 bits per heavy atom. The Labute approximate surface area is 104 Å². The topological polar surface area (TPSA) is 37.8 Å². The highest BCUT2D eigenvalue weighted by Crippen LogP contribution is 2.30. The second-order valence-electron chi connectivity index (χ2n) is 5.39. The molecule has 1 N–H and O–H groups in total. The molecular weight excluding hydrogens is 210 g/mol. The van der Waals surface area contributed by atoms with E-state index in [4.69, 9.17) is 0 Å². The molecule has 4 atom stereocenters. The lowest BCUT2D eigenvalue weighted by Gasteiger charge is -2.36. The molecule has 94 valence electrons. The van der Waals surface area contributed by atoms with Crippen molar-refractivity contribution >= 4 is 0 Å². The molecule has 2 rings (SSSR count). The maximum Gasteiger partial charge on any atom is 0.0753 e. The molecule has 0 amide bonds. The van der Waals surface area contributed by atoms with E-state index in [1.807, 2.05) is 6.20 Å². The number of nitrogens with one attached hydrogen (secondary N) is 1. The lowest BCUT2D eigenvalue weighted by atomic mass is 9.78. The third-order valence-electron chi connectivity index (χ3n) is 4.20. The van der Waals surface area contributed by atoms with E-state index in [9.17, 15) is 0 Å². The molecule has 3 heteroatoms. The van der Waals surface area contributed by atoms with Crippen molar-refractivity contribution in [1.29, 1.82) is 0 Å². The molecule has 1 saturated carbocycles. The molecule has 1 heterocycles. The number of nitrogens with zero attached hydrogens (tertiary/aromatic N) is 2. The van der Waals surface area contributed by atoms with E-state index in [-0.39, 0.29) is 0 Å². The molecule has 0 saturated heterocycles. The fourth-order valence-corrected chi connectivity index (χ4v) is 2.76. The molecule has 0 bridgehead atoms. The molecule has 1 aromatic rings. The Morgan fingerprint density at radius 2 is 2.12 bits per heavy atom. The van der Waals surface area contributed by atoms with Gasteiger partial charge < -0.3 is 5.32 Å². The summed E-state index contributed by atoms with van der Waals surface area (Å²) in [5.41, 5.74) is 1.04. The van der Waals surface area contributed by atoms with Crippen LogP contribution in [0, 0.1) is 11.8 Å². The molecule has 1 aliphatic carbocycles. The minimum absolute atomic E-state index is 0.293. The average Bonchev–Trinajstić information content (AvgIpc) is 2.36. The van der Waals surface area contributed by atoms with Crippen molar-refractivity contribution in [3.63, 3.8) is 0 Å². The van der Waals surface area contributed by atoms with Crippen LogP contribution < -0.4 is 5.32 Å². The maximum atomic E-state index is 4.36. The van der Waals surface area contributed by atoms with Crippen LogP contribution in [-0.2, 0) is 0 Å². The van der Waals surface area contributed by atoms with Gasteiger partial charge in [0.1, 0.15) is 0 Å². The number of hydrogen-bond donors (Lipinski definition) is 1. The predicted octanol–water partition coefficient (Wildman–Crippen LogP) is 2.95. The average molecular weight is 233 g/mol. The summed E-state index contributed by atoms with van der Waals surface area (Å²) >= 11 is 0. The van der Waals surface area contributed by atoms with Gasteiger partial charge in [-0.15, -0.1) is 0 Å². The van der Waals surface area contributed by atoms with Crippen LogP contribution >= 0.6 is 0 Å². The minimum atomic E-state index is 0.293. The molecule has 1 aromatic heterocycles. The van der Waals surface area contributed by atoms with Crippen LogP contribution in [0.25, 0.3) is 0 Å². The third kappa shape index (κ3) is 3.03. The number of rotatable bonds is 3. The molecule has 3 nitrogen and oxygen atoms in total. The normalized spacial score (nSPS) is 31.1. The lowest BCUT2D eigenvalue weighted by molar-refractivity contribution is 0.195. The monoisotopic (exact) mass is 233 g/mol. The van der Waals surface area contributed by atoms with Gasteiger partial charge in [0, 0.05) is 30.7 Å². The second kappa shape index (κ2) is 5.58. The SMILES string of the molecule is CC(NC1CCCC(C)C1C)c1cnccn1. The van der Waals surface area contributed by atoms with Gasteiger partial charge in [-0.1, -0.05) is 26.7 Å². The van der Waals surface area contributed by atoms with Gasteiger partial charge in [0.15, 0.2) is 0 Å². The number of hydrogen-bond acceptors (Lipinski definition) is 3. The molecule has 0 radical (unpaired) electrons. The summed E-state index contributed by atoms with van der Waals surface area (Å²) in [7, 11) is 0. The van der Waals surface area contributed by atoms with Crippen molar-refractivity contribution in [3.8, 4) is 0 Å². The molecule has 1 aliphatic rings. The van der Waals surface area contributed by atoms with Crippen molar-refractivity contribution in [2.45, 2.75) is 52.1 Å². The molecule has 1 fully saturated rings. The molecule has 4 unspecified atom stereocenters. The van der Waals surface area contributed by atoms with Crippen molar-refractivity contribution in [2.24, 2.45) is 11.8 Å². The van der Waals surface area contributed by atoms with E-state index in [0.717, 1.165) is 17.5 Å². The van der Waals surface area contributed by atoms with Crippen molar-refractivity contribution < 1.29 is 0 Å². The first-order chi connectivity index (χ1) is 8.18. The van der Waals surface area contributed by atoms with Crippen LogP contribution in [0.2, 0.25) is 0 Å². The predicted molar refractivity (Wildman–Crippen MR) is 69.5 cm³/mol. The fraction of sp³-hybridized carbons (Fsp3) is 0.714. The summed E-state index contributed by atoms with van der Waals surface area (Å²) in [6, 6.07) is 0.914. The largest absolute Gasteiger partial charge is 0.306 e. The summed E-state index contributed by atoms with van der Waals surface area (Å²) in [6.45, 7) is 6.91. The van der Waals surface area contributed by atoms with Crippen LogP contribution in [0.1, 0.15) is 51.8 Å². The maximum absolute atomic E-state index is 4.36. The highest BCUT2D eigenvalue weighted by molar-refractivity contribution is 5.01. The van der Waals surface area contributed by atoms with Gasteiger partial charge in [-0.05, 0) is 25.2 Å².